The van der Waals surface area contributed by atoms with E-state index >= 15 is 0 Å². The first-order valence-corrected chi connectivity index (χ1v) is 14.4. The lowest BCUT2D eigenvalue weighted by molar-refractivity contribution is -0.0729. The second-order valence-electron chi connectivity index (χ2n) is 8.38. The minimum absolute atomic E-state index is 0.000968. The topological polar surface area (TPSA) is 71.1 Å². The minimum Gasteiger partial charge on any atom is -0.462 e. The summed E-state index contributed by atoms with van der Waals surface area (Å²) in [4.78, 5) is -0.328. The van der Waals surface area contributed by atoms with Gasteiger partial charge in [-0.25, -0.2) is 8.42 Å². The van der Waals surface area contributed by atoms with E-state index in [2.05, 4.69) is 13.2 Å². The fourth-order valence-electron chi connectivity index (χ4n) is 2.95. The summed E-state index contributed by atoms with van der Waals surface area (Å²) in [6, 6.07) is 4.98. The van der Waals surface area contributed by atoms with Crippen LogP contribution in [0.2, 0.25) is 20.1 Å². The molecule has 2 atom stereocenters. The molecule has 0 fully saturated rings. The summed E-state index contributed by atoms with van der Waals surface area (Å²) in [5.74, 6) is 0.215. The second-order valence-corrected chi connectivity index (χ2v) is 12.0. The third-order valence-electron chi connectivity index (χ3n) is 4.76. The number of sulfone groups is 1. The zero-order valence-electron chi connectivity index (χ0n) is 21.1. The molecule has 0 aliphatic heterocycles. The van der Waals surface area contributed by atoms with Gasteiger partial charge in [-0.15, -0.1) is 0 Å². The molecule has 0 aromatic heterocycles. The zero-order valence-corrected chi connectivity index (χ0v) is 24.9. The Morgan fingerprint density at radius 3 is 1.27 bits per heavy atom. The van der Waals surface area contributed by atoms with Crippen molar-refractivity contribution in [1.29, 1.82) is 0 Å². The number of hydrogen-bond donors (Lipinski definition) is 0. The van der Waals surface area contributed by atoms with Gasteiger partial charge >= 0.3 is 0 Å². The first-order chi connectivity index (χ1) is 17.3. The number of rotatable bonds is 14. The Kier molecular flexibility index (Phi) is 12.1. The fourth-order valence-corrected chi connectivity index (χ4v) is 5.72. The Morgan fingerprint density at radius 2 is 1.03 bits per heavy atom. The van der Waals surface area contributed by atoms with Crippen LogP contribution in [0.5, 0.6) is 11.5 Å². The van der Waals surface area contributed by atoms with Crippen molar-refractivity contribution in [2.45, 2.75) is 62.9 Å². The molecule has 2 unspecified atom stereocenters. The molecule has 2 rings (SSSR count). The van der Waals surface area contributed by atoms with Gasteiger partial charge < -0.3 is 18.9 Å². The van der Waals surface area contributed by atoms with E-state index in [4.69, 9.17) is 65.4 Å². The summed E-state index contributed by atoms with van der Waals surface area (Å²) in [7, 11) is -4.11. The molecule has 0 aliphatic carbocycles. The molecule has 0 bridgehead atoms. The number of benzene rings is 2. The lowest BCUT2D eigenvalue weighted by Gasteiger charge is -2.21. The lowest BCUT2D eigenvalue weighted by Crippen LogP contribution is -2.21. The predicted octanol–water partition coefficient (Wildman–Crippen LogP) is 8.55. The van der Waals surface area contributed by atoms with E-state index in [1.807, 2.05) is 27.7 Å². The summed E-state index contributed by atoms with van der Waals surface area (Å²) < 4.78 is 49.6. The van der Waals surface area contributed by atoms with E-state index in [1.165, 1.54) is 24.3 Å². The number of ether oxygens (including phenoxy) is 4. The molecule has 37 heavy (non-hydrogen) atoms. The van der Waals surface area contributed by atoms with E-state index in [1.54, 1.807) is 0 Å². The Labute approximate surface area is 239 Å². The number of hydrogen-bond acceptors (Lipinski definition) is 6. The maximum atomic E-state index is 13.4. The van der Waals surface area contributed by atoms with Gasteiger partial charge in [0.05, 0.1) is 43.1 Å². The maximum absolute atomic E-state index is 13.4. The molecule has 0 saturated heterocycles. The van der Waals surface area contributed by atoms with Crippen LogP contribution in [0.25, 0.3) is 0 Å². The van der Waals surface area contributed by atoms with Gasteiger partial charge in [-0.1, -0.05) is 84.6 Å². The van der Waals surface area contributed by atoms with Crippen LogP contribution in [-0.4, -0.2) is 34.2 Å². The Bertz CT molecular complexity index is 1110. The van der Waals surface area contributed by atoms with Crippen LogP contribution < -0.4 is 9.47 Å². The Hall–Kier alpha value is -1.45. The average Bonchev–Trinajstić information content (AvgIpc) is 2.81. The van der Waals surface area contributed by atoms with E-state index in [0.29, 0.717) is 26.1 Å². The molecule has 204 valence electrons. The van der Waals surface area contributed by atoms with Crippen molar-refractivity contribution in [3.8, 4) is 11.5 Å². The van der Waals surface area contributed by atoms with Crippen molar-refractivity contribution < 1.29 is 27.4 Å². The Morgan fingerprint density at radius 1 is 0.730 bits per heavy atom. The van der Waals surface area contributed by atoms with Crippen LogP contribution >= 0.6 is 46.4 Å². The maximum Gasteiger partial charge on any atom is 0.206 e. The molecule has 2 aromatic carbocycles. The van der Waals surface area contributed by atoms with Crippen LogP contribution in [0.3, 0.4) is 0 Å². The van der Waals surface area contributed by atoms with Crippen LogP contribution in [0.1, 0.15) is 40.5 Å². The van der Waals surface area contributed by atoms with Gasteiger partial charge in [0, 0.05) is 12.8 Å². The summed E-state index contributed by atoms with van der Waals surface area (Å²) in [6.45, 7) is 15.5. The van der Waals surface area contributed by atoms with Gasteiger partial charge in [0.1, 0.15) is 0 Å². The molecular formula is C26H30Cl4O6S. The van der Waals surface area contributed by atoms with Crippen molar-refractivity contribution in [1.82, 2.24) is 0 Å². The zero-order chi connectivity index (χ0) is 27.9. The molecule has 11 heteroatoms. The molecule has 0 saturated carbocycles. The lowest BCUT2D eigenvalue weighted by atomic mass is 10.3. The largest absolute Gasteiger partial charge is 0.462 e. The van der Waals surface area contributed by atoms with Crippen molar-refractivity contribution in [3.05, 3.63) is 68.7 Å². The first kappa shape index (κ1) is 31.8. The van der Waals surface area contributed by atoms with E-state index in [-0.39, 0.29) is 41.4 Å². The normalized spacial score (nSPS) is 13.2. The molecule has 0 aliphatic rings. The smallest absolute Gasteiger partial charge is 0.206 e. The van der Waals surface area contributed by atoms with Crippen LogP contribution in [0.4, 0.5) is 0 Å². The van der Waals surface area contributed by atoms with Crippen LogP contribution in [0.15, 0.2) is 58.4 Å². The Balaban J connectivity index is 2.35. The summed E-state index contributed by atoms with van der Waals surface area (Å²) in [5.41, 5.74) is 1.64. The van der Waals surface area contributed by atoms with E-state index in [9.17, 15) is 8.42 Å². The van der Waals surface area contributed by atoms with Crippen LogP contribution in [-0.2, 0) is 19.3 Å². The SMILES string of the molecule is C=C(C)COC(CC)Oc1c(Cl)cc(S(=O)(=O)c2cc(Cl)c(OC(CC)OCC(=C)C)c(Cl)c2)cc1Cl. The average molecular weight is 612 g/mol. The van der Waals surface area contributed by atoms with Crippen molar-refractivity contribution in [2.75, 3.05) is 13.2 Å². The molecule has 6 nitrogen and oxygen atoms in total. The first-order valence-electron chi connectivity index (χ1n) is 11.4. The van der Waals surface area contributed by atoms with E-state index < -0.39 is 22.4 Å². The van der Waals surface area contributed by atoms with Crippen molar-refractivity contribution in [2.24, 2.45) is 0 Å². The summed E-state index contributed by atoms with van der Waals surface area (Å²) >= 11 is 25.5. The van der Waals surface area contributed by atoms with E-state index in [0.717, 1.165) is 11.1 Å². The second kappa shape index (κ2) is 14.1. The summed E-state index contributed by atoms with van der Waals surface area (Å²) in [6.07, 6.45) is -0.290. The highest BCUT2D eigenvalue weighted by molar-refractivity contribution is 7.91. The van der Waals surface area contributed by atoms with Gasteiger partial charge in [0.2, 0.25) is 9.84 Å². The molecule has 0 N–H and O–H groups in total. The monoisotopic (exact) mass is 610 g/mol. The van der Waals surface area contributed by atoms with Crippen molar-refractivity contribution >= 4 is 56.2 Å². The highest BCUT2D eigenvalue weighted by Crippen LogP contribution is 2.41. The summed E-state index contributed by atoms with van der Waals surface area (Å²) in [5, 5.41) is 0.00387. The fraction of sp³-hybridized carbons (Fsp3) is 0.385. The molecule has 2 aromatic rings. The minimum atomic E-state index is -4.11. The third-order valence-corrected chi connectivity index (χ3v) is 7.60. The predicted molar refractivity (Wildman–Crippen MR) is 149 cm³/mol. The molecule has 0 heterocycles. The molecular weight excluding hydrogens is 582 g/mol. The van der Waals surface area contributed by atoms with Gasteiger partial charge in [-0.3, -0.25) is 0 Å². The third kappa shape index (κ3) is 8.79. The standard InChI is InChI=1S/C26H30Cl4O6S/c1-7-23(33-13-15(3)4)35-25-19(27)9-17(10-20(25)28)37(31,32)18-11-21(29)26(22(30)12-18)36-24(8-2)34-14-16(5)6/h9-12,23-24H,3,5,7-8,13-14H2,1-2,4,6H3. The quantitative estimate of drug-likeness (QED) is 0.157. The molecule has 0 spiro atoms. The van der Waals surface area contributed by atoms with Gasteiger partial charge in [0.15, 0.2) is 24.1 Å². The van der Waals surface area contributed by atoms with Crippen LogP contribution in [0, 0.1) is 0 Å². The van der Waals surface area contributed by atoms with Crippen molar-refractivity contribution in [3.63, 3.8) is 0 Å². The highest BCUT2D eigenvalue weighted by Gasteiger charge is 2.26. The molecule has 0 radical (unpaired) electrons. The van der Waals surface area contributed by atoms with Gasteiger partial charge in [-0.2, -0.15) is 0 Å². The molecule has 0 amide bonds. The highest BCUT2D eigenvalue weighted by atomic mass is 35.5. The van der Waals surface area contributed by atoms with Gasteiger partial charge in [0.25, 0.3) is 0 Å². The van der Waals surface area contributed by atoms with Gasteiger partial charge in [-0.05, 0) is 38.1 Å². The number of halogens is 4.